The SMILES string of the molecule is CC.COc1ccc(C=NN=Cc2ccc(O)cc2)cc1. The lowest BCUT2D eigenvalue weighted by atomic mass is 10.2. The summed E-state index contributed by atoms with van der Waals surface area (Å²) >= 11 is 0. The molecule has 0 saturated carbocycles. The van der Waals surface area contributed by atoms with Crippen molar-refractivity contribution in [2.24, 2.45) is 10.2 Å². The van der Waals surface area contributed by atoms with E-state index in [0.717, 1.165) is 16.9 Å². The first-order chi connectivity index (χ1) is 10.3. The monoisotopic (exact) mass is 284 g/mol. The van der Waals surface area contributed by atoms with Crippen LogP contribution in [0.1, 0.15) is 25.0 Å². The van der Waals surface area contributed by atoms with E-state index in [0.29, 0.717) is 0 Å². The minimum absolute atomic E-state index is 0.235. The summed E-state index contributed by atoms with van der Waals surface area (Å²) < 4.78 is 5.07. The van der Waals surface area contributed by atoms with Gasteiger partial charge in [-0.25, -0.2) is 0 Å². The molecule has 2 aromatic rings. The van der Waals surface area contributed by atoms with E-state index < -0.39 is 0 Å². The van der Waals surface area contributed by atoms with Gasteiger partial charge in [-0.15, -0.1) is 0 Å². The average Bonchev–Trinajstić information content (AvgIpc) is 2.56. The molecule has 1 N–H and O–H groups in total. The number of aromatic hydroxyl groups is 1. The summed E-state index contributed by atoms with van der Waals surface area (Å²) in [5.41, 5.74) is 1.83. The van der Waals surface area contributed by atoms with Gasteiger partial charge in [0.05, 0.1) is 19.5 Å². The molecule has 0 heterocycles. The van der Waals surface area contributed by atoms with Crippen LogP contribution in [0.25, 0.3) is 0 Å². The molecule has 0 aliphatic heterocycles. The van der Waals surface area contributed by atoms with Gasteiger partial charge in [0.1, 0.15) is 11.5 Å². The molecule has 0 spiro atoms. The van der Waals surface area contributed by atoms with Crippen LogP contribution in [0.4, 0.5) is 0 Å². The predicted molar refractivity (Wildman–Crippen MR) is 87.6 cm³/mol. The summed E-state index contributed by atoms with van der Waals surface area (Å²) in [6.07, 6.45) is 3.29. The van der Waals surface area contributed by atoms with Crippen LogP contribution in [0.3, 0.4) is 0 Å². The molecule has 0 aliphatic rings. The van der Waals surface area contributed by atoms with E-state index in [2.05, 4.69) is 10.2 Å². The molecule has 2 rings (SSSR count). The van der Waals surface area contributed by atoms with Gasteiger partial charge in [0.15, 0.2) is 0 Å². The summed E-state index contributed by atoms with van der Waals surface area (Å²) in [5, 5.41) is 17.0. The van der Waals surface area contributed by atoms with Crippen LogP contribution in [0.2, 0.25) is 0 Å². The molecule has 110 valence electrons. The lowest BCUT2D eigenvalue weighted by Gasteiger charge is -1.97. The maximum atomic E-state index is 9.14. The Labute approximate surface area is 125 Å². The molecule has 0 aromatic heterocycles. The Balaban J connectivity index is 0.00000106. The second-order valence-electron chi connectivity index (χ2n) is 3.85. The first kappa shape index (κ1) is 16.4. The van der Waals surface area contributed by atoms with Crippen molar-refractivity contribution in [2.45, 2.75) is 13.8 Å². The van der Waals surface area contributed by atoms with Crippen molar-refractivity contribution < 1.29 is 9.84 Å². The standard InChI is InChI=1S/C15H14N2O2.C2H6/c1-19-15-8-4-13(5-9-15)11-17-16-10-12-2-6-14(18)7-3-12;1-2/h2-11,18H,1H3;1-2H3. The molecule has 4 nitrogen and oxygen atoms in total. The number of rotatable bonds is 4. The van der Waals surface area contributed by atoms with Crippen molar-refractivity contribution in [1.82, 2.24) is 0 Å². The van der Waals surface area contributed by atoms with Crippen LogP contribution in [0.5, 0.6) is 11.5 Å². The molecule has 0 saturated heterocycles. The molecule has 0 amide bonds. The van der Waals surface area contributed by atoms with Crippen molar-refractivity contribution in [1.29, 1.82) is 0 Å². The Kier molecular flexibility index (Phi) is 7.29. The lowest BCUT2D eigenvalue weighted by Crippen LogP contribution is -1.84. The van der Waals surface area contributed by atoms with Gasteiger partial charge in [0.25, 0.3) is 0 Å². The zero-order chi connectivity index (χ0) is 15.5. The molecule has 0 bridgehead atoms. The van der Waals surface area contributed by atoms with Gasteiger partial charge in [-0.1, -0.05) is 13.8 Å². The highest BCUT2D eigenvalue weighted by molar-refractivity contribution is 5.82. The molecule has 0 aliphatic carbocycles. The molecule has 4 heteroatoms. The second kappa shape index (κ2) is 9.31. The van der Waals surface area contributed by atoms with Gasteiger partial charge < -0.3 is 9.84 Å². The zero-order valence-corrected chi connectivity index (χ0v) is 12.5. The summed E-state index contributed by atoms with van der Waals surface area (Å²) in [6.45, 7) is 4.00. The fourth-order valence-corrected chi connectivity index (χ4v) is 1.45. The van der Waals surface area contributed by atoms with Gasteiger partial charge in [0.2, 0.25) is 0 Å². The van der Waals surface area contributed by atoms with Crippen LogP contribution in [-0.4, -0.2) is 24.6 Å². The van der Waals surface area contributed by atoms with Crippen LogP contribution in [0.15, 0.2) is 58.7 Å². The topological polar surface area (TPSA) is 54.2 Å². The molecule has 21 heavy (non-hydrogen) atoms. The second-order valence-corrected chi connectivity index (χ2v) is 3.85. The molecule has 0 unspecified atom stereocenters. The quantitative estimate of drug-likeness (QED) is 0.684. The van der Waals surface area contributed by atoms with Crippen LogP contribution >= 0.6 is 0 Å². The number of ether oxygens (including phenoxy) is 1. The molecular weight excluding hydrogens is 264 g/mol. The number of hydrogen-bond acceptors (Lipinski definition) is 4. The third-order valence-corrected chi connectivity index (χ3v) is 2.49. The molecular formula is C17H20N2O2. The number of phenols is 1. The van der Waals surface area contributed by atoms with E-state index in [-0.39, 0.29) is 5.75 Å². The number of phenolic OH excluding ortho intramolecular Hbond substituents is 1. The van der Waals surface area contributed by atoms with E-state index in [4.69, 9.17) is 9.84 Å². The highest BCUT2D eigenvalue weighted by atomic mass is 16.5. The van der Waals surface area contributed by atoms with E-state index in [1.54, 1.807) is 43.8 Å². The highest BCUT2D eigenvalue weighted by Gasteiger charge is 1.90. The first-order valence-corrected chi connectivity index (χ1v) is 6.77. The van der Waals surface area contributed by atoms with E-state index in [9.17, 15) is 0 Å². The summed E-state index contributed by atoms with van der Waals surface area (Å²) in [4.78, 5) is 0. The van der Waals surface area contributed by atoms with Crippen molar-refractivity contribution >= 4 is 12.4 Å². The van der Waals surface area contributed by atoms with E-state index >= 15 is 0 Å². The van der Waals surface area contributed by atoms with E-state index in [1.165, 1.54) is 0 Å². The van der Waals surface area contributed by atoms with Crippen LogP contribution in [-0.2, 0) is 0 Å². The van der Waals surface area contributed by atoms with E-state index in [1.807, 2.05) is 38.1 Å². The Morgan fingerprint density at radius 3 is 1.67 bits per heavy atom. The molecule has 2 aromatic carbocycles. The van der Waals surface area contributed by atoms with Crippen molar-refractivity contribution in [3.05, 3.63) is 59.7 Å². The molecule has 0 fully saturated rings. The maximum absolute atomic E-state index is 9.14. The van der Waals surface area contributed by atoms with Crippen molar-refractivity contribution in [3.63, 3.8) is 0 Å². The summed E-state index contributed by atoms with van der Waals surface area (Å²) in [7, 11) is 1.63. The fraction of sp³-hybridized carbons (Fsp3) is 0.176. The predicted octanol–water partition coefficient (Wildman–Crippen LogP) is 3.88. The van der Waals surface area contributed by atoms with Gasteiger partial charge >= 0.3 is 0 Å². The smallest absolute Gasteiger partial charge is 0.118 e. The number of benzene rings is 2. The lowest BCUT2D eigenvalue weighted by molar-refractivity contribution is 0.415. The summed E-state index contributed by atoms with van der Waals surface area (Å²) in [5.74, 6) is 1.05. The first-order valence-electron chi connectivity index (χ1n) is 6.77. The van der Waals surface area contributed by atoms with Gasteiger partial charge in [-0.05, 0) is 59.7 Å². The number of hydrogen-bond donors (Lipinski definition) is 1. The van der Waals surface area contributed by atoms with Crippen LogP contribution < -0.4 is 4.74 Å². The van der Waals surface area contributed by atoms with Gasteiger partial charge in [-0.2, -0.15) is 10.2 Å². The van der Waals surface area contributed by atoms with Crippen LogP contribution in [0, 0.1) is 0 Å². The average molecular weight is 284 g/mol. The third kappa shape index (κ3) is 5.91. The molecule has 0 atom stereocenters. The Hall–Kier alpha value is -2.62. The summed E-state index contributed by atoms with van der Waals surface area (Å²) in [6, 6.07) is 14.3. The van der Waals surface area contributed by atoms with Crippen molar-refractivity contribution in [2.75, 3.05) is 7.11 Å². The largest absolute Gasteiger partial charge is 0.508 e. The normalized spacial score (nSPS) is 10.4. The Morgan fingerprint density at radius 2 is 1.24 bits per heavy atom. The third-order valence-electron chi connectivity index (χ3n) is 2.49. The van der Waals surface area contributed by atoms with Crippen molar-refractivity contribution in [3.8, 4) is 11.5 Å². The minimum Gasteiger partial charge on any atom is -0.508 e. The molecule has 0 radical (unpaired) electrons. The zero-order valence-electron chi connectivity index (χ0n) is 12.5. The fourth-order valence-electron chi connectivity index (χ4n) is 1.45. The minimum atomic E-state index is 0.235. The van der Waals surface area contributed by atoms with Gasteiger partial charge in [0, 0.05) is 0 Å². The highest BCUT2D eigenvalue weighted by Crippen LogP contribution is 2.10. The number of nitrogens with zero attached hydrogens (tertiary/aromatic N) is 2. The number of methoxy groups -OCH3 is 1. The maximum Gasteiger partial charge on any atom is 0.118 e. The van der Waals surface area contributed by atoms with Gasteiger partial charge in [-0.3, -0.25) is 0 Å². The Bertz CT molecular complexity index is 573. The Morgan fingerprint density at radius 1 is 0.810 bits per heavy atom.